The van der Waals surface area contributed by atoms with E-state index in [0.29, 0.717) is 12.3 Å². The third-order valence-electron chi connectivity index (χ3n) is 4.32. The van der Waals surface area contributed by atoms with Crippen LogP contribution in [0, 0.1) is 6.92 Å². The number of aryl methyl sites for hydroxylation is 1. The topological polar surface area (TPSA) is 64.4 Å². The highest BCUT2D eigenvalue weighted by Crippen LogP contribution is 2.23. The minimum Gasteiger partial charge on any atom is -0.494 e. The first-order chi connectivity index (χ1) is 13.1. The van der Waals surface area contributed by atoms with Gasteiger partial charge < -0.3 is 14.5 Å². The molecule has 0 saturated heterocycles. The summed E-state index contributed by atoms with van der Waals surface area (Å²) in [5, 5.41) is 2.95. The maximum absolute atomic E-state index is 12.2. The number of benzene rings is 2. The number of aromatic nitrogens is 1. The second kappa shape index (κ2) is 8.54. The number of hydrogen-bond donors (Lipinski definition) is 1. The van der Waals surface area contributed by atoms with Crippen LogP contribution in [0.15, 0.2) is 59.3 Å². The molecule has 1 N–H and O–H groups in total. The van der Waals surface area contributed by atoms with Crippen molar-refractivity contribution in [2.75, 3.05) is 6.61 Å². The fourth-order valence-electron chi connectivity index (χ4n) is 2.96. The van der Waals surface area contributed by atoms with Gasteiger partial charge in [0.25, 0.3) is 5.91 Å². The molecule has 1 amide bonds. The van der Waals surface area contributed by atoms with E-state index in [2.05, 4.69) is 46.7 Å². The quantitative estimate of drug-likeness (QED) is 0.674. The van der Waals surface area contributed by atoms with Crippen LogP contribution < -0.4 is 10.1 Å². The molecule has 0 spiro atoms. The van der Waals surface area contributed by atoms with E-state index in [-0.39, 0.29) is 17.7 Å². The smallest absolute Gasteiger partial charge is 0.289 e. The molecular formula is C22H24N2O3. The van der Waals surface area contributed by atoms with Crippen LogP contribution in [0.4, 0.5) is 0 Å². The average Bonchev–Trinajstić information content (AvgIpc) is 3.09. The molecule has 140 valence electrons. The Kier molecular flexibility index (Phi) is 5.91. The molecule has 3 aromatic rings. The van der Waals surface area contributed by atoms with Gasteiger partial charge in [0.05, 0.1) is 12.3 Å². The van der Waals surface area contributed by atoms with Crippen molar-refractivity contribution in [1.29, 1.82) is 0 Å². The second-order valence-electron chi connectivity index (χ2n) is 6.50. The highest BCUT2D eigenvalue weighted by molar-refractivity contribution is 5.92. The Morgan fingerprint density at radius 2 is 1.74 bits per heavy atom. The first-order valence-electron chi connectivity index (χ1n) is 9.10. The van der Waals surface area contributed by atoms with Crippen molar-refractivity contribution in [2.24, 2.45) is 0 Å². The standard InChI is InChI=1S/C22H24N2O3/c1-4-26-20-11-9-19(10-12-20)18-7-5-17(6-8-18)13-15(2)24-22(25)21-16(3)23-14-27-21/h5-12,14-15H,4,13H2,1-3H3,(H,24,25). The number of rotatable bonds is 7. The normalized spacial score (nSPS) is 11.8. The average molecular weight is 364 g/mol. The Morgan fingerprint density at radius 1 is 1.11 bits per heavy atom. The molecular weight excluding hydrogens is 340 g/mol. The van der Waals surface area contributed by atoms with Crippen molar-refractivity contribution < 1.29 is 13.9 Å². The summed E-state index contributed by atoms with van der Waals surface area (Å²) in [5.41, 5.74) is 4.05. The molecule has 0 bridgehead atoms. The highest BCUT2D eigenvalue weighted by Gasteiger charge is 2.16. The molecule has 0 aliphatic heterocycles. The summed E-state index contributed by atoms with van der Waals surface area (Å²) in [5.74, 6) is 0.917. The van der Waals surface area contributed by atoms with Crippen LogP contribution in [0.25, 0.3) is 11.1 Å². The molecule has 1 unspecified atom stereocenters. The molecule has 0 fully saturated rings. The molecule has 1 aromatic heterocycles. The lowest BCUT2D eigenvalue weighted by atomic mass is 10.0. The number of carbonyl (C=O) groups is 1. The van der Waals surface area contributed by atoms with E-state index < -0.39 is 0 Å². The molecule has 0 aliphatic carbocycles. The number of hydrogen-bond acceptors (Lipinski definition) is 4. The van der Waals surface area contributed by atoms with E-state index in [9.17, 15) is 4.79 Å². The van der Waals surface area contributed by atoms with Gasteiger partial charge in [-0.3, -0.25) is 4.79 Å². The Morgan fingerprint density at radius 3 is 2.30 bits per heavy atom. The molecule has 5 heteroatoms. The molecule has 1 heterocycles. The fraction of sp³-hybridized carbons (Fsp3) is 0.273. The van der Waals surface area contributed by atoms with Gasteiger partial charge in [-0.2, -0.15) is 0 Å². The zero-order valence-corrected chi connectivity index (χ0v) is 15.9. The first kappa shape index (κ1) is 18.7. The lowest BCUT2D eigenvalue weighted by Crippen LogP contribution is -2.34. The van der Waals surface area contributed by atoms with Crippen molar-refractivity contribution >= 4 is 5.91 Å². The Labute approximate surface area is 159 Å². The molecule has 5 nitrogen and oxygen atoms in total. The number of nitrogens with zero attached hydrogens (tertiary/aromatic N) is 1. The van der Waals surface area contributed by atoms with Crippen LogP contribution in [-0.4, -0.2) is 23.5 Å². The third kappa shape index (κ3) is 4.76. The molecule has 0 aliphatic rings. The summed E-state index contributed by atoms with van der Waals surface area (Å²) < 4.78 is 10.6. The molecule has 0 saturated carbocycles. The van der Waals surface area contributed by atoms with Crippen molar-refractivity contribution in [3.63, 3.8) is 0 Å². The summed E-state index contributed by atoms with van der Waals surface area (Å²) >= 11 is 0. The number of oxazole rings is 1. The van der Waals surface area contributed by atoms with E-state index in [1.807, 2.05) is 26.0 Å². The van der Waals surface area contributed by atoms with Gasteiger partial charge in [0, 0.05) is 6.04 Å². The van der Waals surface area contributed by atoms with E-state index in [1.54, 1.807) is 6.92 Å². The summed E-state index contributed by atoms with van der Waals surface area (Å²) in [7, 11) is 0. The van der Waals surface area contributed by atoms with Gasteiger partial charge in [0.1, 0.15) is 5.75 Å². The van der Waals surface area contributed by atoms with Gasteiger partial charge in [-0.25, -0.2) is 4.98 Å². The largest absolute Gasteiger partial charge is 0.494 e. The van der Waals surface area contributed by atoms with Crippen molar-refractivity contribution in [2.45, 2.75) is 33.2 Å². The van der Waals surface area contributed by atoms with Gasteiger partial charge in [-0.05, 0) is 56.0 Å². The molecule has 3 rings (SSSR count). The summed E-state index contributed by atoms with van der Waals surface area (Å²) in [4.78, 5) is 16.1. The van der Waals surface area contributed by atoms with Crippen LogP contribution in [0.1, 0.15) is 35.7 Å². The second-order valence-corrected chi connectivity index (χ2v) is 6.50. The van der Waals surface area contributed by atoms with Gasteiger partial charge in [0.15, 0.2) is 6.39 Å². The van der Waals surface area contributed by atoms with Crippen molar-refractivity contribution in [3.05, 3.63) is 71.9 Å². The van der Waals surface area contributed by atoms with E-state index >= 15 is 0 Å². The Hall–Kier alpha value is -3.08. The summed E-state index contributed by atoms with van der Waals surface area (Å²) in [6.45, 7) is 6.37. The van der Waals surface area contributed by atoms with Gasteiger partial charge in [-0.15, -0.1) is 0 Å². The monoisotopic (exact) mass is 364 g/mol. The predicted octanol–water partition coefficient (Wildman–Crippen LogP) is 4.41. The number of amides is 1. The van der Waals surface area contributed by atoms with Crippen LogP contribution in [-0.2, 0) is 6.42 Å². The van der Waals surface area contributed by atoms with Gasteiger partial charge >= 0.3 is 0 Å². The SMILES string of the molecule is CCOc1ccc(-c2ccc(CC(C)NC(=O)c3ocnc3C)cc2)cc1. The minimum atomic E-state index is -0.233. The fourth-order valence-corrected chi connectivity index (χ4v) is 2.96. The predicted molar refractivity (Wildman–Crippen MR) is 105 cm³/mol. The molecule has 0 radical (unpaired) electrons. The molecule has 27 heavy (non-hydrogen) atoms. The van der Waals surface area contributed by atoms with Crippen LogP contribution in [0.5, 0.6) is 5.75 Å². The number of ether oxygens (including phenoxy) is 1. The maximum Gasteiger partial charge on any atom is 0.289 e. The molecule has 2 aromatic carbocycles. The van der Waals surface area contributed by atoms with Crippen LogP contribution in [0.3, 0.4) is 0 Å². The number of carbonyl (C=O) groups excluding carboxylic acids is 1. The Balaban J connectivity index is 1.60. The zero-order valence-electron chi connectivity index (χ0n) is 15.9. The van der Waals surface area contributed by atoms with E-state index in [1.165, 1.54) is 6.39 Å². The van der Waals surface area contributed by atoms with Crippen LogP contribution in [0.2, 0.25) is 0 Å². The van der Waals surface area contributed by atoms with Gasteiger partial charge in [0.2, 0.25) is 5.76 Å². The van der Waals surface area contributed by atoms with Gasteiger partial charge in [-0.1, -0.05) is 36.4 Å². The summed E-state index contributed by atoms with van der Waals surface area (Å²) in [6.07, 6.45) is 2.02. The third-order valence-corrected chi connectivity index (χ3v) is 4.32. The first-order valence-corrected chi connectivity index (χ1v) is 9.10. The molecule has 1 atom stereocenters. The lowest BCUT2D eigenvalue weighted by molar-refractivity contribution is 0.0911. The van der Waals surface area contributed by atoms with E-state index in [0.717, 1.165) is 28.9 Å². The zero-order chi connectivity index (χ0) is 19.2. The lowest BCUT2D eigenvalue weighted by Gasteiger charge is -2.13. The summed E-state index contributed by atoms with van der Waals surface area (Å²) in [6, 6.07) is 16.4. The maximum atomic E-state index is 12.2. The minimum absolute atomic E-state index is 0.0154. The highest BCUT2D eigenvalue weighted by atomic mass is 16.5. The van der Waals surface area contributed by atoms with E-state index in [4.69, 9.17) is 9.15 Å². The Bertz CT molecular complexity index is 883. The van der Waals surface area contributed by atoms with Crippen LogP contribution >= 0.6 is 0 Å². The number of nitrogens with one attached hydrogen (secondary N) is 1. The van der Waals surface area contributed by atoms with Crippen molar-refractivity contribution in [3.8, 4) is 16.9 Å². The van der Waals surface area contributed by atoms with Crippen molar-refractivity contribution in [1.82, 2.24) is 10.3 Å².